The van der Waals surface area contributed by atoms with Crippen LogP contribution in [0.15, 0.2) is 36.7 Å². The first kappa shape index (κ1) is 19.6. The highest BCUT2D eigenvalue weighted by molar-refractivity contribution is 5.95. The van der Waals surface area contributed by atoms with Crippen molar-refractivity contribution in [1.29, 1.82) is 0 Å². The molecule has 3 N–H and O–H groups in total. The highest BCUT2D eigenvalue weighted by Gasteiger charge is 2.28. The molecule has 0 aliphatic carbocycles. The normalized spacial score (nSPS) is 13.1. The summed E-state index contributed by atoms with van der Waals surface area (Å²) in [5.41, 5.74) is 3.06. The van der Waals surface area contributed by atoms with E-state index in [2.05, 4.69) is 20.6 Å². The summed E-state index contributed by atoms with van der Waals surface area (Å²) < 4.78 is 6.97. The van der Waals surface area contributed by atoms with Crippen LogP contribution in [0.2, 0.25) is 0 Å². The fourth-order valence-corrected chi connectivity index (χ4v) is 3.50. The van der Waals surface area contributed by atoms with E-state index in [4.69, 9.17) is 9.84 Å². The number of aromatic amines is 1. The lowest BCUT2D eigenvalue weighted by atomic mass is 10.0. The first-order chi connectivity index (χ1) is 14.6. The average Bonchev–Trinajstić information content (AvgIpc) is 3.44. The van der Waals surface area contributed by atoms with Crippen LogP contribution in [0.4, 0.5) is 0 Å². The van der Waals surface area contributed by atoms with Crippen LogP contribution >= 0.6 is 0 Å². The second-order valence-corrected chi connectivity index (χ2v) is 6.83. The molecule has 4 rings (SSSR count). The summed E-state index contributed by atoms with van der Waals surface area (Å²) in [6.07, 6.45) is 3.72. The molecule has 0 spiro atoms. The maximum Gasteiger partial charge on any atom is 0.272 e. The minimum absolute atomic E-state index is 0.136. The van der Waals surface area contributed by atoms with Gasteiger partial charge in [-0.05, 0) is 18.6 Å². The zero-order valence-electron chi connectivity index (χ0n) is 16.5. The highest BCUT2D eigenvalue weighted by Crippen LogP contribution is 2.24. The number of carbonyl (C=O) groups excluding carboxylic acids is 2. The molecule has 10 nitrogen and oxygen atoms in total. The minimum Gasteiger partial charge on any atom is -0.494 e. The van der Waals surface area contributed by atoms with Crippen molar-refractivity contribution >= 4 is 11.8 Å². The molecule has 1 aliphatic heterocycles. The molecule has 3 heterocycles. The first-order valence-electron chi connectivity index (χ1n) is 9.55. The van der Waals surface area contributed by atoms with Crippen molar-refractivity contribution in [2.75, 3.05) is 26.8 Å². The summed E-state index contributed by atoms with van der Waals surface area (Å²) in [7, 11) is 1.59. The Kier molecular flexibility index (Phi) is 5.48. The third-order valence-corrected chi connectivity index (χ3v) is 4.99. The number of methoxy groups -OCH3 is 1. The van der Waals surface area contributed by atoms with E-state index in [0.717, 1.165) is 16.9 Å². The summed E-state index contributed by atoms with van der Waals surface area (Å²) in [5.74, 6) is 0.175. The number of para-hydroxylation sites is 2. The van der Waals surface area contributed by atoms with Crippen molar-refractivity contribution in [2.45, 2.75) is 13.0 Å². The van der Waals surface area contributed by atoms with Crippen molar-refractivity contribution in [3.05, 3.63) is 59.2 Å². The van der Waals surface area contributed by atoms with Gasteiger partial charge in [0, 0.05) is 24.8 Å². The van der Waals surface area contributed by atoms with Gasteiger partial charge in [0.1, 0.15) is 11.4 Å². The maximum absolute atomic E-state index is 13.0. The molecule has 0 radical (unpaired) electrons. The number of aromatic nitrogens is 4. The lowest BCUT2D eigenvalue weighted by Crippen LogP contribution is -2.36. The van der Waals surface area contributed by atoms with Crippen LogP contribution in [0.5, 0.6) is 5.75 Å². The van der Waals surface area contributed by atoms with Gasteiger partial charge in [-0.3, -0.25) is 14.7 Å². The number of carbonyl (C=O) groups is 2. The van der Waals surface area contributed by atoms with Crippen molar-refractivity contribution in [3.63, 3.8) is 0 Å². The van der Waals surface area contributed by atoms with Gasteiger partial charge in [-0.1, -0.05) is 12.1 Å². The van der Waals surface area contributed by atoms with Gasteiger partial charge in [0.25, 0.3) is 11.8 Å². The second-order valence-electron chi connectivity index (χ2n) is 6.83. The Morgan fingerprint density at radius 3 is 2.97 bits per heavy atom. The fourth-order valence-electron chi connectivity index (χ4n) is 3.50. The number of amides is 2. The molecule has 0 saturated heterocycles. The van der Waals surface area contributed by atoms with E-state index in [1.807, 2.05) is 24.3 Å². The molecule has 0 saturated carbocycles. The predicted octanol–water partition coefficient (Wildman–Crippen LogP) is 0.525. The molecule has 156 valence electrons. The molecule has 10 heteroatoms. The SMILES string of the molecule is COc1ccccc1-n1cc(C(=O)N2CCc3c(C(=O)NCCO)n[nH]c3C2)cn1. The molecule has 30 heavy (non-hydrogen) atoms. The minimum atomic E-state index is -0.334. The quantitative estimate of drug-likeness (QED) is 0.544. The largest absolute Gasteiger partial charge is 0.494 e. The van der Waals surface area contributed by atoms with Gasteiger partial charge in [-0.15, -0.1) is 0 Å². The number of nitrogens with one attached hydrogen (secondary N) is 2. The van der Waals surface area contributed by atoms with E-state index >= 15 is 0 Å². The molecule has 3 aromatic rings. The summed E-state index contributed by atoms with van der Waals surface area (Å²) in [4.78, 5) is 26.8. The Morgan fingerprint density at radius 1 is 1.33 bits per heavy atom. The van der Waals surface area contributed by atoms with E-state index in [9.17, 15) is 9.59 Å². The van der Waals surface area contributed by atoms with Gasteiger partial charge >= 0.3 is 0 Å². The van der Waals surface area contributed by atoms with Crippen LogP contribution < -0.4 is 10.1 Å². The Morgan fingerprint density at radius 2 is 2.17 bits per heavy atom. The fraction of sp³-hybridized carbons (Fsp3) is 0.300. The zero-order valence-corrected chi connectivity index (χ0v) is 16.5. The highest BCUT2D eigenvalue weighted by atomic mass is 16.5. The van der Waals surface area contributed by atoms with Crippen LogP contribution in [0, 0.1) is 0 Å². The number of aliphatic hydroxyl groups is 1. The standard InChI is InChI=1S/C20H22N6O4/c1-30-17-5-3-2-4-16(17)26-11-13(10-22-26)20(29)25-8-6-14-15(12-25)23-24-18(14)19(28)21-7-9-27/h2-5,10-11,27H,6-9,12H2,1H3,(H,21,28)(H,23,24). The Bertz CT molecular complexity index is 1070. The van der Waals surface area contributed by atoms with Gasteiger partial charge in [0.2, 0.25) is 0 Å². The monoisotopic (exact) mass is 410 g/mol. The lowest BCUT2D eigenvalue weighted by molar-refractivity contribution is 0.0732. The van der Waals surface area contributed by atoms with Crippen molar-refractivity contribution in [2.24, 2.45) is 0 Å². The lowest BCUT2D eigenvalue weighted by Gasteiger charge is -2.26. The summed E-state index contributed by atoms with van der Waals surface area (Å²) >= 11 is 0. The van der Waals surface area contributed by atoms with E-state index in [1.165, 1.54) is 6.20 Å². The summed E-state index contributed by atoms with van der Waals surface area (Å²) in [5, 5.41) is 22.7. The molecular formula is C20H22N6O4. The van der Waals surface area contributed by atoms with Crippen LogP contribution in [0.1, 0.15) is 32.1 Å². The number of fused-ring (bicyclic) bond motifs is 1. The Balaban J connectivity index is 1.49. The van der Waals surface area contributed by atoms with Crippen molar-refractivity contribution < 1.29 is 19.4 Å². The van der Waals surface area contributed by atoms with E-state index in [-0.39, 0.29) is 25.0 Å². The van der Waals surface area contributed by atoms with E-state index in [1.54, 1.807) is 22.9 Å². The van der Waals surface area contributed by atoms with Crippen LogP contribution in [-0.4, -0.2) is 68.6 Å². The van der Waals surface area contributed by atoms with Gasteiger partial charge in [0.05, 0.1) is 37.7 Å². The van der Waals surface area contributed by atoms with Gasteiger partial charge in [-0.25, -0.2) is 4.68 Å². The van der Waals surface area contributed by atoms with E-state index < -0.39 is 0 Å². The topological polar surface area (TPSA) is 125 Å². The van der Waals surface area contributed by atoms with Crippen molar-refractivity contribution in [1.82, 2.24) is 30.2 Å². The average molecular weight is 410 g/mol. The first-order valence-corrected chi connectivity index (χ1v) is 9.55. The molecule has 1 aromatic carbocycles. The Hall–Kier alpha value is -3.66. The molecule has 0 fully saturated rings. The number of hydrogen-bond acceptors (Lipinski definition) is 6. The second kappa shape index (κ2) is 8.37. The third kappa shape index (κ3) is 3.64. The van der Waals surface area contributed by atoms with Crippen LogP contribution in [-0.2, 0) is 13.0 Å². The zero-order chi connectivity index (χ0) is 21.1. The van der Waals surface area contributed by atoms with Gasteiger partial charge < -0.3 is 20.1 Å². The number of nitrogens with zero attached hydrogens (tertiary/aromatic N) is 4. The summed E-state index contributed by atoms with van der Waals surface area (Å²) in [6, 6.07) is 7.43. The molecular weight excluding hydrogens is 388 g/mol. The third-order valence-electron chi connectivity index (χ3n) is 4.99. The molecule has 0 bridgehead atoms. The number of rotatable bonds is 6. The Labute approximate surface area is 172 Å². The molecule has 2 aromatic heterocycles. The molecule has 2 amide bonds. The number of H-pyrrole nitrogens is 1. The molecule has 0 atom stereocenters. The van der Waals surface area contributed by atoms with Gasteiger partial charge in [-0.2, -0.15) is 10.2 Å². The predicted molar refractivity (Wildman–Crippen MR) is 107 cm³/mol. The number of aliphatic hydroxyl groups excluding tert-OH is 1. The summed E-state index contributed by atoms with van der Waals surface area (Å²) in [6.45, 7) is 0.824. The number of hydrogen-bond donors (Lipinski definition) is 3. The van der Waals surface area contributed by atoms with Gasteiger partial charge in [0.15, 0.2) is 5.69 Å². The van der Waals surface area contributed by atoms with E-state index in [0.29, 0.717) is 36.5 Å². The van der Waals surface area contributed by atoms with Crippen molar-refractivity contribution in [3.8, 4) is 11.4 Å². The van der Waals surface area contributed by atoms with Crippen LogP contribution in [0.3, 0.4) is 0 Å². The molecule has 1 aliphatic rings. The van der Waals surface area contributed by atoms with Crippen LogP contribution in [0.25, 0.3) is 5.69 Å². The molecule has 0 unspecified atom stereocenters. The number of ether oxygens (including phenoxy) is 1. The smallest absolute Gasteiger partial charge is 0.272 e. The number of benzene rings is 1. The maximum atomic E-state index is 13.0.